The van der Waals surface area contributed by atoms with Crippen LogP contribution in [-0.2, 0) is 9.47 Å². The quantitative estimate of drug-likeness (QED) is 0.762. The fourth-order valence-electron chi connectivity index (χ4n) is 1.79. The highest BCUT2D eigenvalue weighted by molar-refractivity contribution is 5.31. The SMILES string of the molecule is Cc1ccc(C2OCC(N)CO2)c(C)c1. The number of hydrogen-bond acceptors (Lipinski definition) is 3. The Labute approximate surface area is 90.2 Å². The molecule has 0 atom stereocenters. The third kappa shape index (κ3) is 2.37. The number of benzene rings is 1. The number of hydrogen-bond donors (Lipinski definition) is 1. The van der Waals surface area contributed by atoms with Gasteiger partial charge in [0.2, 0.25) is 0 Å². The van der Waals surface area contributed by atoms with Gasteiger partial charge in [-0.2, -0.15) is 0 Å². The third-order valence-electron chi connectivity index (χ3n) is 2.60. The molecule has 0 amide bonds. The van der Waals surface area contributed by atoms with E-state index in [2.05, 4.69) is 32.0 Å². The molecule has 0 bridgehead atoms. The van der Waals surface area contributed by atoms with Crippen LogP contribution in [0.25, 0.3) is 0 Å². The molecule has 2 N–H and O–H groups in total. The van der Waals surface area contributed by atoms with Gasteiger partial charge in [0, 0.05) is 5.56 Å². The maximum absolute atomic E-state index is 5.69. The second-order valence-electron chi connectivity index (χ2n) is 4.12. The molecule has 3 heteroatoms. The zero-order valence-electron chi connectivity index (χ0n) is 9.19. The van der Waals surface area contributed by atoms with Crippen molar-refractivity contribution in [1.29, 1.82) is 0 Å². The lowest BCUT2D eigenvalue weighted by molar-refractivity contribution is -0.190. The average molecular weight is 207 g/mol. The molecule has 15 heavy (non-hydrogen) atoms. The van der Waals surface area contributed by atoms with E-state index in [0.29, 0.717) is 13.2 Å². The molecule has 0 radical (unpaired) electrons. The van der Waals surface area contributed by atoms with Crippen molar-refractivity contribution in [3.63, 3.8) is 0 Å². The molecule has 1 aliphatic heterocycles. The lowest BCUT2D eigenvalue weighted by Crippen LogP contribution is -2.38. The Morgan fingerprint density at radius 2 is 1.87 bits per heavy atom. The third-order valence-corrected chi connectivity index (χ3v) is 2.60. The van der Waals surface area contributed by atoms with Crippen molar-refractivity contribution in [2.24, 2.45) is 5.73 Å². The first-order valence-corrected chi connectivity index (χ1v) is 5.23. The lowest BCUT2D eigenvalue weighted by Gasteiger charge is -2.28. The van der Waals surface area contributed by atoms with E-state index in [-0.39, 0.29) is 12.3 Å². The van der Waals surface area contributed by atoms with Crippen LogP contribution in [0.3, 0.4) is 0 Å². The summed E-state index contributed by atoms with van der Waals surface area (Å²) in [5.41, 5.74) is 9.25. The van der Waals surface area contributed by atoms with Gasteiger partial charge in [0.15, 0.2) is 6.29 Å². The van der Waals surface area contributed by atoms with Crippen LogP contribution >= 0.6 is 0 Å². The Morgan fingerprint density at radius 1 is 1.20 bits per heavy atom. The highest BCUT2D eigenvalue weighted by Crippen LogP contribution is 2.25. The number of ether oxygens (including phenoxy) is 2. The van der Waals surface area contributed by atoms with E-state index in [0.717, 1.165) is 5.56 Å². The van der Waals surface area contributed by atoms with Crippen molar-refractivity contribution in [3.05, 3.63) is 34.9 Å². The summed E-state index contributed by atoms with van der Waals surface area (Å²) >= 11 is 0. The van der Waals surface area contributed by atoms with Crippen LogP contribution in [0.4, 0.5) is 0 Å². The van der Waals surface area contributed by atoms with Crippen LogP contribution in [0, 0.1) is 13.8 Å². The second kappa shape index (κ2) is 4.31. The van der Waals surface area contributed by atoms with Crippen LogP contribution in [0.2, 0.25) is 0 Å². The summed E-state index contributed by atoms with van der Waals surface area (Å²) in [6.45, 7) is 5.29. The average Bonchev–Trinajstić information content (AvgIpc) is 2.20. The van der Waals surface area contributed by atoms with E-state index in [1.807, 2.05) is 0 Å². The van der Waals surface area contributed by atoms with Crippen LogP contribution in [0.15, 0.2) is 18.2 Å². The standard InChI is InChI=1S/C12H17NO2/c1-8-3-4-11(9(2)5-8)12-14-6-10(13)7-15-12/h3-5,10,12H,6-7,13H2,1-2H3. The Bertz CT molecular complexity index is 343. The minimum atomic E-state index is -0.245. The van der Waals surface area contributed by atoms with Crippen LogP contribution in [0.1, 0.15) is 23.0 Å². The van der Waals surface area contributed by atoms with Crippen molar-refractivity contribution >= 4 is 0 Å². The van der Waals surface area contributed by atoms with Crippen molar-refractivity contribution in [1.82, 2.24) is 0 Å². The summed E-state index contributed by atoms with van der Waals surface area (Å²) in [5.74, 6) is 0. The van der Waals surface area contributed by atoms with E-state index in [1.54, 1.807) is 0 Å². The topological polar surface area (TPSA) is 44.5 Å². The molecular weight excluding hydrogens is 190 g/mol. The Balaban J connectivity index is 2.15. The number of rotatable bonds is 1. The molecule has 1 aromatic carbocycles. The number of nitrogens with two attached hydrogens (primary N) is 1. The minimum Gasteiger partial charge on any atom is -0.347 e. The molecule has 3 nitrogen and oxygen atoms in total. The van der Waals surface area contributed by atoms with Gasteiger partial charge >= 0.3 is 0 Å². The van der Waals surface area contributed by atoms with Crippen molar-refractivity contribution in [2.45, 2.75) is 26.2 Å². The molecule has 1 aliphatic rings. The zero-order chi connectivity index (χ0) is 10.8. The van der Waals surface area contributed by atoms with Gasteiger partial charge in [-0.3, -0.25) is 0 Å². The van der Waals surface area contributed by atoms with Gasteiger partial charge in [-0.1, -0.05) is 23.8 Å². The molecule has 1 heterocycles. The minimum absolute atomic E-state index is 0.00649. The summed E-state index contributed by atoms with van der Waals surface area (Å²) in [6.07, 6.45) is -0.245. The summed E-state index contributed by atoms with van der Waals surface area (Å²) in [5, 5.41) is 0. The molecule has 1 fully saturated rings. The summed E-state index contributed by atoms with van der Waals surface area (Å²) in [4.78, 5) is 0. The van der Waals surface area contributed by atoms with Gasteiger partial charge in [-0.25, -0.2) is 0 Å². The molecule has 2 rings (SSSR count). The van der Waals surface area contributed by atoms with E-state index in [1.165, 1.54) is 11.1 Å². The first-order valence-electron chi connectivity index (χ1n) is 5.23. The van der Waals surface area contributed by atoms with Gasteiger partial charge in [0.25, 0.3) is 0 Å². The van der Waals surface area contributed by atoms with Gasteiger partial charge in [-0.05, 0) is 19.4 Å². The smallest absolute Gasteiger partial charge is 0.184 e. The summed E-state index contributed by atoms with van der Waals surface area (Å²) < 4.78 is 11.1. The Morgan fingerprint density at radius 3 is 2.47 bits per heavy atom. The molecule has 0 unspecified atom stereocenters. The molecule has 0 aliphatic carbocycles. The predicted octanol–water partition coefficient (Wildman–Crippen LogP) is 1.68. The molecule has 82 valence electrons. The van der Waals surface area contributed by atoms with Gasteiger partial charge in [-0.15, -0.1) is 0 Å². The van der Waals surface area contributed by atoms with E-state index in [4.69, 9.17) is 15.2 Å². The number of aryl methyl sites for hydroxylation is 2. The lowest BCUT2D eigenvalue weighted by atomic mass is 10.1. The van der Waals surface area contributed by atoms with E-state index < -0.39 is 0 Å². The largest absolute Gasteiger partial charge is 0.347 e. The second-order valence-corrected chi connectivity index (χ2v) is 4.12. The highest BCUT2D eigenvalue weighted by atomic mass is 16.7. The molecule has 0 saturated carbocycles. The molecular formula is C12H17NO2. The van der Waals surface area contributed by atoms with Gasteiger partial charge < -0.3 is 15.2 Å². The molecule has 1 aromatic rings. The first-order chi connectivity index (χ1) is 7.16. The highest BCUT2D eigenvalue weighted by Gasteiger charge is 2.22. The monoisotopic (exact) mass is 207 g/mol. The summed E-state index contributed by atoms with van der Waals surface area (Å²) in [6, 6.07) is 6.28. The van der Waals surface area contributed by atoms with Gasteiger partial charge in [0.1, 0.15) is 0 Å². The van der Waals surface area contributed by atoms with Crippen LogP contribution in [0.5, 0.6) is 0 Å². The Kier molecular flexibility index (Phi) is 3.05. The van der Waals surface area contributed by atoms with Crippen molar-refractivity contribution in [3.8, 4) is 0 Å². The fraction of sp³-hybridized carbons (Fsp3) is 0.500. The maximum Gasteiger partial charge on any atom is 0.184 e. The normalized spacial score (nSPS) is 26.6. The maximum atomic E-state index is 5.69. The molecule has 1 saturated heterocycles. The predicted molar refractivity (Wildman–Crippen MR) is 58.5 cm³/mol. The van der Waals surface area contributed by atoms with Crippen molar-refractivity contribution < 1.29 is 9.47 Å². The van der Waals surface area contributed by atoms with E-state index in [9.17, 15) is 0 Å². The zero-order valence-corrected chi connectivity index (χ0v) is 9.19. The van der Waals surface area contributed by atoms with Crippen molar-refractivity contribution in [2.75, 3.05) is 13.2 Å². The summed E-state index contributed by atoms with van der Waals surface area (Å²) in [7, 11) is 0. The first kappa shape index (κ1) is 10.6. The van der Waals surface area contributed by atoms with E-state index >= 15 is 0 Å². The van der Waals surface area contributed by atoms with Crippen LogP contribution < -0.4 is 5.73 Å². The Hall–Kier alpha value is -0.900. The molecule has 0 aromatic heterocycles. The fourth-order valence-corrected chi connectivity index (χ4v) is 1.79. The van der Waals surface area contributed by atoms with Crippen LogP contribution in [-0.4, -0.2) is 19.3 Å². The molecule has 0 spiro atoms. The van der Waals surface area contributed by atoms with Gasteiger partial charge in [0.05, 0.1) is 19.3 Å².